The van der Waals surface area contributed by atoms with E-state index in [2.05, 4.69) is 4.98 Å². The number of aromatic nitrogens is 1. The number of nitrogens with one attached hydrogen (secondary N) is 1. The molecule has 0 amide bonds. The summed E-state index contributed by atoms with van der Waals surface area (Å²) in [5.74, 6) is -0.131. The predicted octanol–water partition coefficient (Wildman–Crippen LogP) is 2.16. The zero-order valence-electron chi connectivity index (χ0n) is 9.54. The molecular formula is C12H10N2O4. The van der Waals surface area contributed by atoms with Crippen LogP contribution in [0.3, 0.4) is 0 Å². The summed E-state index contributed by atoms with van der Waals surface area (Å²) in [6.07, 6.45) is 0. The van der Waals surface area contributed by atoms with Crippen LogP contribution in [-0.4, -0.2) is 22.8 Å². The molecule has 1 aromatic carbocycles. The number of nitro groups is 1. The van der Waals surface area contributed by atoms with E-state index in [1.807, 2.05) is 0 Å². The topological polar surface area (TPSA) is 85.2 Å². The van der Waals surface area contributed by atoms with Gasteiger partial charge >= 0.3 is 5.82 Å². The number of hydrogen-bond acceptors (Lipinski definition) is 4. The van der Waals surface area contributed by atoms with Crippen LogP contribution in [0.5, 0.6) is 5.75 Å². The second-order valence-electron chi connectivity index (χ2n) is 3.54. The van der Waals surface area contributed by atoms with E-state index in [1.54, 1.807) is 24.3 Å². The van der Waals surface area contributed by atoms with Gasteiger partial charge < -0.3 is 14.9 Å². The van der Waals surface area contributed by atoms with Gasteiger partial charge in [-0.25, -0.2) is 4.98 Å². The lowest BCUT2D eigenvalue weighted by Gasteiger charge is -2.04. The number of carbonyl (C=O) groups excluding carboxylic acids is 1. The van der Waals surface area contributed by atoms with Crippen molar-refractivity contribution < 1.29 is 14.5 Å². The van der Waals surface area contributed by atoms with E-state index >= 15 is 0 Å². The third kappa shape index (κ3) is 2.08. The van der Waals surface area contributed by atoms with Crippen LogP contribution in [0.1, 0.15) is 16.1 Å². The highest BCUT2D eigenvalue weighted by Crippen LogP contribution is 2.21. The van der Waals surface area contributed by atoms with Crippen LogP contribution in [-0.2, 0) is 0 Å². The van der Waals surface area contributed by atoms with Crippen molar-refractivity contribution >= 4 is 11.6 Å². The molecule has 0 saturated heterocycles. The Hall–Kier alpha value is -2.63. The molecule has 0 fully saturated rings. The Morgan fingerprint density at radius 1 is 1.28 bits per heavy atom. The summed E-state index contributed by atoms with van der Waals surface area (Å²) in [6.45, 7) is 0. The second kappa shape index (κ2) is 4.70. The molecule has 0 aliphatic heterocycles. The summed E-state index contributed by atoms with van der Waals surface area (Å²) in [6, 6.07) is 9.34. The Kier molecular flexibility index (Phi) is 3.09. The third-order valence-corrected chi connectivity index (χ3v) is 2.46. The van der Waals surface area contributed by atoms with Gasteiger partial charge in [0.15, 0.2) is 5.69 Å². The summed E-state index contributed by atoms with van der Waals surface area (Å²) in [5, 5.41) is 10.5. The van der Waals surface area contributed by atoms with Crippen molar-refractivity contribution in [3.8, 4) is 5.75 Å². The number of H-pyrrole nitrogens is 1. The Morgan fingerprint density at radius 2 is 2.00 bits per heavy atom. The van der Waals surface area contributed by atoms with Crippen LogP contribution in [0.15, 0.2) is 36.4 Å². The lowest BCUT2D eigenvalue weighted by molar-refractivity contribution is -0.389. The van der Waals surface area contributed by atoms with Crippen LogP contribution in [0.2, 0.25) is 0 Å². The quantitative estimate of drug-likeness (QED) is 0.509. The van der Waals surface area contributed by atoms with Gasteiger partial charge in [0.2, 0.25) is 5.78 Å². The highest BCUT2D eigenvalue weighted by Gasteiger charge is 2.19. The normalized spacial score (nSPS) is 10.1. The number of aromatic amines is 1. The molecular weight excluding hydrogens is 236 g/mol. The highest BCUT2D eigenvalue weighted by molar-refractivity contribution is 6.09. The first-order valence-corrected chi connectivity index (χ1v) is 5.14. The maximum Gasteiger partial charge on any atom is 0.321 e. The molecule has 18 heavy (non-hydrogen) atoms. The van der Waals surface area contributed by atoms with Gasteiger partial charge in [-0.05, 0) is 23.1 Å². The minimum absolute atomic E-state index is 0.159. The van der Waals surface area contributed by atoms with Gasteiger partial charge in [-0.3, -0.25) is 4.79 Å². The first-order valence-electron chi connectivity index (χ1n) is 5.14. The zero-order chi connectivity index (χ0) is 13.1. The number of rotatable bonds is 4. The maximum atomic E-state index is 12.1. The third-order valence-electron chi connectivity index (χ3n) is 2.46. The smallest absolute Gasteiger partial charge is 0.321 e. The van der Waals surface area contributed by atoms with E-state index in [0.29, 0.717) is 11.3 Å². The van der Waals surface area contributed by atoms with E-state index in [0.717, 1.165) is 0 Å². The van der Waals surface area contributed by atoms with Gasteiger partial charge in [0.25, 0.3) is 0 Å². The molecule has 1 aromatic heterocycles. The molecule has 0 bridgehead atoms. The molecule has 2 aromatic rings. The van der Waals surface area contributed by atoms with Crippen molar-refractivity contribution in [1.82, 2.24) is 4.98 Å². The summed E-state index contributed by atoms with van der Waals surface area (Å²) in [4.78, 5) is 24.5. The Labute approximate surface area is 102 Å². The number of methoxy groups -OCH3 is 1. The molecule has 6 nitrogen and oxygen atoms in total. The van der Waals surface area contributed by atoms with Gasteiger partial charge in [-0.1, -0.05) is 12.1 Å². The van der Waals surface area contributed by atoms with Crippen molar-refractivity contribution in [3.05, 3.63) is 57.8 Å². The SMILES string of the molecule is COc1ccccc1C(=O)c1ccc([N+](=O)[O-])[nH]1. The van der Waals surface area contributed by atoms with Crippen LogP contribution < -0.4 is 4.74 Å². The van der Waals surface area contributed by atoms with Crippen molar-refractivity contribution in [3.63, 3.8) is 0 Å². The first-order chi connectivity index (χ1) is 8.63. The van der Waals surface area contributed by atoms with Crippen molar-refractivity contribution in [1.29, 1.82) is 0 Å². The van der Waals surface area contributed by atoms with E-state index < -0.39 is 4.92 Å². The minimum atomic E-state index is -0.584. The fraction of sp³-hybridized carbons (Fsp3) is 0.0833. The fourth-order valence-electron chi connectivity index (χ4n) is 1.60. The Bertz CT molecular complexity index is 604. The van der Waals surface area contributed by atoms with E-state index in [4.69, 9.17) is 4.74 Å². The first kappa shape index (κ1) is 11.8. The largest absolute Gasteiger partial charge is 0.496 e. The highest BCUT2D eigenvalue weighted by atomic mass is 16.6. The van der Waals surface area contributed by atoms with Gasteiger partial charge in [0, 0.05) is 6.07 Å². The zero-order valence-corrected chi connectivity index (χ0v) is 9.54. The molecule has 1 heterocycles. The number of carbonyl (C=O) groups is 1. The molecule has 0 aliphatic rings. The summed E-state index contributed by atoms with van der Waals surface area (Å²) >= 11 is 0. The van der Waals surface area contributed by atoms with Gasteiger partial charge in [-0.15, -0.1) is 0 Å². The second-order valence-corrected chi connectivity index (χ2v) is 3.54. The summed E-state index contributed by atoms with van der Waals surface area (Å²) in [7, 11) is 1.46. The van der Waals surface area contributed by atoms with Gasteiger partial charge in [-0.2, -0.15) is 0 Å². The predicted molar refractivity (Wildman–Crippen MR) is 63.9 cm³/mol. The molecule has 0 aliphatic carbocycles. The summed E-state index contributed by atoms with van der Waals surface area (Å²) in [5.41, 5.74) is 0.517. The number of benzene rings is 1. The molecule has 0 radical (unpaired) electrons. The lowest BCUT2D eigenvalue weighted by Crippen LogP contribution is -2.04. The van der Waals surface area contributed by atoms with Crippen LogP contribution in [0.4, 0.5) is 5.82 Å². The number of para-hydroxylation sites is 1. The molecule has 6 heteroatoms. The van der Waals surface area contributed by atoms with Gasteiger partial charge in [0.05, 0.1) is 12.7 Å². The molecule has 0 saturated carbocycles. The average Bonchev–Trinajstić information content (AvgIpc) is 2.87. The Morgan fingerprint density at radius 3 is 2.61 bits per heavy atom. The lowest BCUT2D eigenvalue weighted by atomic mass is 10.1. The molecule has 92 valence electrons. The number of nitrogens with zero attached hydrogens (tertiary/aromatic N) is 1. The van der Waals surface area contributed by atoms with Crippen molar-refractivity contribution in [2.45, 2.75) is 0 Å². The fourth-order valence-corrected chi connectivity index (χ4v) is 1.60. The van der Waals surface area contributed by atoms with Crippen LogP contribution >= 0.6 is 0 Å². The number of hydrogen-bond donors (Lipinski definition) is 1. The maximum absolute atomic E-state index is 12.1. The number of ketones is 1. The van der Waals surface area contributed by atoms with Gasteiger partial charge in [0.1, 0.15) is 5.75 Å². The van der Waals surface area contributed by atoms with Crippen LogP contribution in [0, 0.1) is 10.1 Å². The molecule has 1 N–H and O–H groups in total. The Balaban J connectivity index is 2.38. The van der Waals surface area contributed by atoms with E-state index in [9.17, 15) is 14.9 Å². The monoisotopic (exact) mass is 246 g/mol. The van der Waals surface area contributed by atoms with Crippen molar-refractivity contribution in [2.24, 2.45) is 0 Å². The average molecular weight is 246 g/mol. The molecule has 2 rings (SSSR count). The van der Waals surface area contributed by atoms with E-state index in [-0.39, 0.29) is 17.3 Å². The molecule has 0 unspecified atom stereocenters. The molecule has 0 atom stereocenters. The number of ether oxygens (including phenoxy) is 1. The van der Waals surface area contributed by atoms with E-state index in [1.165, 1.54) is 19.2 Å². The standard InChI is InChI=1S/C12H10N2O4/c1-18-10-5-3-2-4-8(10)12(15)9-6-7-11(13-9)14(16)17/h2-7,13H,1H3. The van der Waals surface area contributed by atoms with Crippen molar-refractivity contribution in [2.75, 3.05) is 7.11 Å². The minimum Gasteiger partial charge on any atom is -0.496 e. The van der Waals surface area contributed by atoms with Crippen LogP contribution in [0.25, 0.3) is 0 Å². The molecule has 0 spiro atoms. The summed E-state index contributed by atoms with van der Waals surface area (Å²) < 4.78 is 5.07.